The van der Waals surface area contributed by atoms with Crippen LogP contribution in [0.15, 0.2) is 12.3 Å². The van der Waals surface area contributed by atoms with Gasteiger partial charge in [-0.2, -0.15) is 0 Å². The molecular weight excluding hydrogens is 262 g/mol. The number of pyridine rings is 1. The highest BCUT2D eigenvalue weighted by Gasteiger charge is 2.64. The van der Waals surface area contributed by atoms with Crippen LogP contribution in [0.4, 0.5) is 5.82 Å². The Labute approximate surface area is 118 Å². The highest BCUT2D eigenvalue weighted by atomic mass is 35.5. The first-order valence-electron chi connectivity index (χ1n) is 6.37. The molecule has 1 heterocycles. The maximum absolute atomic E-state index is 12.1. The lowest BCUT2D eigenvalue weighted by Gasteiger charge is -2.08. The summed E-state index contributed by atoms with van der Waals surface area (Å²) in [6, 6.07) is 1.50. The Hall–Kier alpha value is -1.29. The number of hydrogen-bond acceptors (Lipinski definition) is 3. The van der Waals surface area contributed by atoms with Gasteiger partial charge in [0.15, 0.2) is 0 Å². The summed E-state index contributed by atoms with van der Waals surface area (Å²) in [6.07, 6.45) is 1.40. The molecule has 0 bridgehead atoms. The van der Waals surface area contributed by atoms with E-state index in [1.807, 2.05) is 0 Å². The number of nitrogens with one attached hydrogen (secondary N) is 1. The number of halogens is 1. The summed E-state index contributed by atoms with van der Waals surface area (Å²) < 4.78 is 0. The van der Waals surface area contributed by atoms with Crippen LogP contribution in [0.3, 0.4) is 0 Å². The Bertz CT molecular complexity index is 511. The molecule has 1 aromatic heterocycles. The number of amides is 1. The largest absolute Gasteiger partial charge is 0.384 e. The molecule has 2 rings (SSSR count). The van der Waals surface area contributed by atoms with Crippen LogP contribution < -0.4 is 11.1 Å². The minimum atomic E-state index is -0.197. The van der Waals surface area contributed by atoms with E-state index >= 15 is 0 Å². The summed E-state index contributed by atoms with van der Waals surface area (Å²) >= 11 is 5.96. The third-order valence-corrected chi connectivity index (χ3v) is 5.21. The second kappa shape index (κ2) is 4.37. The van der Waals surface area contributed by atoms with Crippen molar-refractivity contribution < 1.29 is 4.79 Å². The van der Waals surface area contributed by atoms with Crippen LogP contribution >= 0.6 is 11.6 Å². The molecule has 0 radical (unpaired) electrons. The van der Waals surface area contributed by atoms with Crippen molar-refractivity contribution in [2.45, 2.75) is 27.7 Å². The first-order chi connectivity index (χ1) is 8.68. The number of carbonyl (C=O) groups excluding carboxylic acids is 1. The predicted molar refractivity (Wildman–Crippen MR) is 77.0 cm³/mol. The second-order valence-corrected chi connectivity index (χ2v) is 6.70. The molecule has 0 atom stereocenters. The molecule has 1 amide bonds. The quantitative estimate of drug-likeness (QED) is 0.895. The molecule has 0 aliphatic heterocycles. The van der Waals surface area contributed by atoms with Gasteiger partial charge in [-0.25, -0.2) is 4.98 Å². The van der Waals surface area contributed by atoms with Crippen molar-refractivity contribution in [3.05, 3.63) is 22.8 Å². The molecule has 1 aliphatic rings. The summed E-state index contributed by atoms with van der Waals surface area (Å²) in [7, 11) is 0. The smallest absolute Gasteiger partial charge is 0.253 e. The lowest BCUT2D eigenvalue weighted by Crippen LogP contribution is -2.27. The van der Waals surface area contributed by atoms with Crippen molar-refractivity contribution in [1.29, 1.82) is 0 Å². The Morgan fingerprint density at radius 3 is 2.53 bits per heavy atom. The SMILES string of the molecule is CC1(C)C(CNC(=O)c2cc(N)ncc2Cl)C1(C)C. The van der Waals surface area contributed by atoms with Crippen molar-refractivity contribution >= 4 is 23.3 Å². The van der Waals surface area contributed by atoms with Gasteiger partial charge in [-0.15, -0.1) is 0 Å². The molecule has 3 N–H and O–H groups in total. The third-order valence-electron chi connectivity index (χ3n) is 4.91. The first-order valence-corrected chi connectivity index (χ1v) is 6.75. The Kier molecular flexibility index (Phi) is 3.25. The molecule has 19 heavy (non-hydrogen) atoms. The molecule has 1 aromatic rings. The molecule has 0 saturated heterocycles. The van der Waals surface area contributed by atoms with Crippen LogP contribution in [0.2, 0.25) is 5.02 Å². The Balaban J connectivity index is 2.02. The third kappa shape index (κ3) is 2.29. The maximum atomic E-state index is 12.1. The van der Waals surface area contributed by atoms with Gasteiger partial charge in [0, 0.05) is 12.7 Å². The van der Waals surface area contributed by atoms with Crippen LogP contribution in [0.5, 0.6) is 0 Å². The molecule has 104 valence electrons. The normalized spacial score (nSPS) is 20.1. The number of aromatic nitrogens is 1. The van der Waals surface area contributed by atoms with Gasteiger partial charge in [-0.1, -0.05) is 39.3 Å². The Morgan fingerprint density at radius 1 is 1.42 bits per heavy atom. The van der Waals surface area contributed by atoms with E-state index in [1.165, 1.54) is 12.3 Å². The summed E-state index contributed by atoms with van der Waals surface area (Å²) in [5, 5.41) is 3.25. The highest BCUT2D eigenvalue weighted by molar-refractivity contribution is 6.33. The summed E-state index contributed by atoms with van der Waals surface area (Å²) in [5.41, 5.74) is 6.45. The minimum Gasteiger partial charge on any atom is -0.384 e. The fourth-order valence-corrected chi connectivity index (χ4v) is 2.95. The van der Waals surface area contributed by atoms with Gasteiger partial charge < -0.3 is 11.1 Å². The van der Waals surface area contributed by atoms with Crippen LogP contribution in [-0.4, -0.2) is 17.4 Å². The van der Waals surface area contributed by atoms with Crippen LogP contribution in [-0.2, 0) is 0 Å². The molecular formula is C14H20ClN3O. The van der Waals surface area contributed by atoms with Gasteiger partial charge in [0.1, 0.15) is 5.82 Å². The molecule has 4 nitrogen and oxygen atoms in total. The molecule has 1 aliphatic carbocycles. The maximum Gasteiger partial charge on any atom is 0.253 e. The molecule has 1 saturated carbocycles. The summed E-state index contributed by atoms with van der Waals surface area (Å²) in [4.78, 5) is 15.9. The number of carbonyl (C=O) groups is 1. The minimum absolute atomic E-state index is 0.197. The van der Waals surface area contributed by atoms with E-state index in [2.05, 4.69) is 38.0 Å². The highest BCUT2D eigenvalue weighted by Crippen LogP contribution is 2.67. The van der Waals surface area contributed by atoms with Gasteiger partial charge in [-0.05, 0) is 22.8 Å². The lowest BCUT2D eigenvalue weighted by atomic mass is 10.0. The van der Waals surface area contributed by atoms with Crippen molar-refractivity contribution in [3.8, 4) is 0 Å². The standard InChI is InChI=1S/C14H20ClN3O/c1-13(2)10(14(13,3)4)7-18-12(19)8-5-11(16)17-6-9(8)15/h5-6,10H,7H2,1-4H3,(H2,16,17)(H,18,19). The molecule has 5 heteroatoms. The zero-order valence-corrected chi connectivity index (χ0v) is 12.5. The summed E-state index contributed by atoms with van der Waals surface area (Å²) in [5.74, 6) is 0.571. The van der Waals surface area contributed by atoms with Gasteiger partial charge in [0.2, 0.25) is 0 Å². The van der Waals surface area contributed by atoms with Crippen molar-refractivity contribution in [3.63, 3.8) is 0 Å². The first kappa shape index (κ1) is 14.1. The summed E-state index contributed by atoms with van der Waals surface area (Å²) in [6.45, 7) is 9.54. The zero-order valence-electron chi connectivity index (χ0n) is 11.7. The number of nitrogens with zero attached hydrogens (tertiary/aromatic N) is 1. The average Bonchev–Trinajstić information content (AvgIpc) is 2.70. The fourth-order valence-electron chi connectivity index (χ4n) is 2.76. The molecule has 0 unspecified atom stereocenters. The van der Waals surface area contributed by atoms with Crippen LogP contribution in [0, 0.1) is 16.7 Å². The number of nitrogens with two attached hydrogens (primary N) is 1. The van der Waals surface area contributed by atoms with Crippen molar-refractivity contribution in [2.24, 2.45) is 16.7 Å². The lowest BCUT2D eigenvalue weighted by molar-refractivity contribution is 0.0950. The number of nitrogen functional groups attached to an aromatic ring is 1. The monoisotopic (exact) mass is 281 g/mol. The average molecular weight is 282 g/mol. The van der Waals surface area contributed by atoms with Gasteiger partial charge in [0.05, 0.1) is 10.6 Å². The number of anilines is 1. The van der Waals surface area contributed by atoms with E-state index < -0.39 is 0 Å². The van der Waals surface area contributed by atoms with E-state index in [0.29, 0.717) is 28.9 Å². The molecule has 0 spiro atoms. The Morgan fingerprint density at radius 2 is 2.00 bits per heavy atom. The van der Waals surface area contributed by atoms with E-state index in [-0.39, 0.29) is 16.7 Å². The van der Waals surface area contributed by atoms with E-state index in [4.69, 9.17) is 17.3 Å². The van der Waals surface area contributed by atoms with E-state index in [9.17, 15) is 4.79 Å². The number of hydrogen-bond donors (Lipinski definition) is 2. The topological polar surface area (TPSA) is 68.0 Å². The molecule has 0 aromatic carbocycles. The zero-order chi connectivity index (χ0) is 14.4. The van der Waals surface area contributed by atoms with Crippen LogP contribution in [0.1, 0.15) is 38.1 Å². The van der Waals surface area contributed by atoms with E-state index in [0.717, 1.165) is 0 Å². The van der Waals surface area contributed by atoms with Gasteiger partial charge in [-0.3, -0.25) is 4.79 Å². The molecule has 1 fully saturated rings. The van der Waals surface area contributed by atoms with Crippen molar-refractivity contribution in [1.82, 2.24) is 10.3 Å². The van der Waals surface area contributed by atoms with Crippen molar-refractivity contribution in [2.75, 3.05) is 12.3 Å². The predicted octanol–water partition coefficient (Wildman–Crippen LogP) is 2.73. The van der Waals surface area contributed by atoms with Gasteiger partial charge >= 0.3 is 0 Å². The van der Waals surface area contributed by atoms with Gasteiger partial charge in [0.25, 0.3) is 5.91 Å². The van der Waals surface area contributed by atoms with Crippen LogP contribution in [0.25, 0.3) is 0 Å². The fraction of sp³-hybridized carbons (Fsp3) is 0.571. The second-order valence-electron chi connectivity index (χ2n) is 6.30. The van der Waals surface area contributed by atoms with E-state index in [1.54, 1.807) is 0 Å². The number of rotatable bonds is 3.